The number of furan rings is 1. The average Bonchev–Trinajstić information content (AvgIpc) is 2.58. The van der Waals surface area contributed by atoms with Crippen LogP contribution in [0.5, 0.6) is 0 Å². The van der Waals surface area contributed by atoms with E-state index in [4.69, 9.17) is 4.42 Å². The Labute approximate surface area is 96.4 Å². The first kappa shape index (κ1) is 13.6. The molecule has 17 heavy (non-hydrogen) atoms. The van der Waals surface area contributed by atoms with Gasteiger partial charge in [0.1, 0.15) is 5.76 Å². The van der Waals surface area contributed by atoms with Crippen molar-refractivity contribution in [3.05, 3.63) is 30.5 Å². The third-order valence-corrected chi connectivity index (χ3v) is 3.34. The molecule has 1 heterocycles. The SMILES string of the molecule is C=CCN(c1ccc(C)o1)S(=O)(=O)C(F)(F)F. The Morgan fingerprint density at radius 1 is 1.47 bits per heavy atom. The summed E-state index contributed by atoms with van der Waals surface area (Å²) in [4.78, 5) is 0. The standard InChI is InChI=1S/C9H10F3NO3S/c1-3-6-13(8-5-4-7(2)16-8)17(14,15)9(10,11)12/h3-5H,1,6H2,2H3. The average molecular weight is 269 g/mol. The highest BCUT2D eigenvalue weighted by Crippen LogP contribution is 2.31. The fourth-order valence-electron chi connectivity index (χ4n) is 1.10. The second-order valence-corrected chi connectivity index (χ2v) is 5.01. The molecule has 0 bridgehead atoms. The molecule has 0 aliphatic carbocycles. The van der Waals surface area contributed by atoms with Crippen LogP contribution in [-0.2, 0) is 10.0 Å². The number of anilines is 1. The fourth-order valence-corrected chi connectivity index (χ4v) is 1.99. The Kier molecular flexibility index (Phi) is 3.56. The smallest absolute Gasteiger partial charge is 0.445 e. The number of nitrogens with zero attached hydrogens (tertiary/aromatic N) is 1. The van der Waals surface area contributed by atoms with Crippen LogP contribution in [0.15, 0.2) is 29.2 Å². The van der Waals surface area contributed by atoms with E-state index in [-0.39, 0.29) is 10.2 Å². The largest absolute Gasteiger partial charge is 0.516 e. The van der Waals surface area contributed by atoms with Gasteiger partial charge < -0.3 is 4.42 Å². The minimum atomic E-state index is -5.47. The number of hydrogen-bond acceptors (Lipinski definition) is 3. The predicted molar refractivity (Wildman–Crippen MR) is 56.0 cm³/mol. The molecule has 1 aromatic heterocycles. The first-order chi connectivity index (χ1) is 7.70. The highest BCUT2D eigenvalue weighted by Gasteiger charge is 2.50. The molecule has 0 unspecified atom stereocenters. The van der Waals surface area contributed by atoms with Crippen molar-refractivity contribution in [2.75, 3.05) is 10.8 Å². The zero-order chi connectivity index (χ0) is 13.3. The molecule has 1 rings (SSSR count). The number of sulfonamides is 1. The lowest BCUT2D eigenvalue weighted by Gasteiger charge is -2.21. The molecule has 8 heteroatoms. The van der Waals surface area contributed by atoms with Gasteiger partial charge in [0.2, 0.25) is 5.88 Å². The van der Waals surface area contributed by atoms with E-state index in [9.17, 15) is 21.6 Å². The summed E-state index contributed by atoms with van der Waals surface area (Å²) in [7, 11) is -5.47. The molecule has 0 N–H and O–H groups in total. The summed E-state index contributed by atoms with van der Waals surface area (Å²) in [6.07, 6.45) is 1.04. The molecular weight excluding hydrogens is 259 g/mol. The van der Waals surface area contributed by atoms with Gasteiger partial charge in [-0.3, -0.25) is 0 Å². The Hall–Kier alpha value is -1.44. The van der Waals surface area contributed by atoms with Crippen molar-refractivity contribution in [1.82, 2.24) is 0 Å². The topological polar surface area (TPSA) is 50.5 Å². The summed E-state index contributed by atoms with van der Waals surface area (Å²) in [5.41, 5.74) is -5.38. The van der Waals surface area contributed by atoms with E-state index in [2.05, 4.69) is 6.58 Å². The molecule has 1 aromatic rings. The van der Waals surface area contributed by atoms with Gasteiger partial charge in [0.25, 0.3) is 0 Å². The lowest BCUT2D eigenvalue weighted by molar-refractivity contribution is -0.0438. The van der Waals surface area contributed by atoms with Gasteiger partial charge in [-0.15, -0.1) is 6.58 Å². The van der Waals surface area contributed by atoms with Gasteiger partial charge in [0.15, 0.2) is 0 Å². The summed E-state index contributed by atoms with van der Waals surface area (Å²) in [5.74, 6) is -0.0776. The Bertz CT molecular complexity index is 504. The highest BCUT2D eigenvalue weighted by atomic mass is 32.2. The molecule has 96 valence electrons. The van der Waals surface area contributed by atoms with Crippen molar-refractivity contribution < 1.29 is 26.0 Å². The molecule has 0 atom stereocenters. The Morgan fingerprint density at radius 3 is 2.41 bits per heavy atom. The normalized spacial score (nSPS) is 12.5. The molecule has 0 saturated carbocycles. The second-order valence-electron chi connectivity index (χ2n) is 3.15. The molecular formula is C9H10F3NO3S. The van der Waals surface area contributed by atoms with E-state index in [1.807, 2.05) is 0 Å². The third-order valence-electron chi connectivity index (χ3n) is 1.85. The summed E-state index contributed by atoms with van der Waals surface area (Å²) in [6.45, 7) is 4.19. The first-order valence-corrected chi connectivity index (χ1v) is 5.90. The van der Waals surface area contributed by atoms with Gasteiger partial charge in [-0.1, -0.05) is 6.08 Å². The van der Waals surface area contributed by atoms with E-state index in [1.54, 1.807) is 0 Å². The molecule has 4 nitrogen and oxygen atoms in total. The maximum absolute atomic E-state index is 12.4. The quantitative estimate of drug-likeness (QED) is 0.789. The second kappa shape index (κ2) is 4.44. The molecule has 0 aliphatic rings. The van der Waals surface area contributed by atoms with E-state index < -0.39 is 22.1 Å². The predicted octanol–water partition coefficient (Wildman–Crippen LogP) is 2.43. The maximum Gasteiger partial charge on any atom is 0.516 e. The lowest BCUT2D eigenvalue weighted by atomic mass is 10.5. The van der Waals surface area contributed by atoms with Crippen LogP contribution in [0.2, 0.25) is 0 Å². The van der Waals surface area contributed by atoms with E-state index >= 15 is 0 Å². The monoisotopic (exact) mass is 269 g/mol. The zero-order valence-electron chi connectivity index (χ0n) is 8.86. The zero-order valence-corrected chi connectivity index (χ0v) is 9.68. The highest BCUT2D eigenvalue weighted by molar-refractivity contribution is 7.93. The van der Waals surface area contributed by atoms with Gasteiger partial charge in [-0.25, -0.2) is 4.31 Å². The minimum Gasteiger partial charge on any atom is -0.445 e. The molecule has 0 aromatic carbocycles. The van der Waals surface area contributed by atoms with Crippen molar-refractivity contribution in [3.63, 3.8) is 0 Å². The van der Waals surface area contributed by atoms with E-state index in [0.717, 1.165) is 12.1 Å². The lowest BCUT2D eigenvalue weighted by Crippen LogP contribution is -2.40. The summed E-state index contributed by atoms with van der Waals surface area (Å²) >= 11 is 0. The number of hydrogen-bond donors (Lipinski definition) is 0. The van der Waals surface area contributed by atoms with Gasteiger partial charge in [0.05, 0.1) is 6.54 Å². The third kappa shape index (κ3) is 2.63. The van der Waals surface area contributed by atoms with Crippen LogP contribution in [0, 0.1) is 6.92 Å². The van der Waals surface area contributed by atoms with Crippen molar-refractivity contribution in [2.24, 2.45) is 0 Å². The van der Waals surface area contributed by atoms with E-state index in [1.165, 1.54) is 13.0 Å². The molecule has 0 radical (unpaired) electrons. The Morgan fingerprint density at radius 2 is 2.06 bits per heavy atom. The molecule has 0 spiro atoms. The van der Waals surface area contributed by atoms with Crippen LogP contribution < -0.4 is 4.31 Å². The molecule has 0 fully saturated rings. The van der Waals surface area contributed by atoms with Crippen LogP contribution in [0.1, 0.15) is 5.76 Å². The number of halogens is 3. The molecule has 0 saturated heterocycles. The fraction of sp³-hybridized carbons (Fsp3) is 0.333. The number of aryl methyl sites for hydroxylation is 1. The van der Waals surface area contributed by atoms with Gasteiger partial charge in [0, 0.05) is 6.07 Å². The van der Waals surface area contributed by atoms with Crippen molar-refractivity contribution in [3.8, 4) is 0 Å². The van der Waals surface area contributed by atoms with Gasteiger partial charge in [-0.2, -0.15) is 21.6 Å². The van der Waals surface area contributed by atoms with Crippen LogP contribution in [0.25, 0.3) is 0 Å². The van der Waals surface area contributed by atoms with Crippen molar-refractivity contribution in [2.45, 2.75) is 12.4 Å². The number of rotatable bonds is 4. The Balaban J connectivity index is 3.24. The van der Waals surface area contributed by atoms with Crippen LogP contribution in [0.4, 0.5) is 19.1 Å². The summed E-state index contributed by atoms with van der Waals surface area (Å²) < 4.78 is 64.7. The maximum atomic E-state index is 12.4. The van der Waals surface area contributed by atoms with Crippen LogP contribution in [0.3, 0.4) is 0 Å². The summed E-state index contributed by atoms with van der Waals surface area (Å²) in [6, 6.07) is 2.53. The summed E-state index contributed by atoms with van der Waals surface area (Å²) in [5, 5.41) is 0. The van der Waals surface area contributed by atoms with Crippen LogP contribution >= 0.6 is 0 Å². The van der Waals surface area contributed by atoms with Gasteiger partial charge in [-0.05, 0) is 13.0 Å². The van der Waals surface area contributed by atoms with Crippen molar-refractivity contribution >= 4 is 15.9 Å². The minimum absolute atomic E-state index is 0.118. The van der Waals surface area contributed by atoms with Gasteiger partial charge >= 0.3 is 15.5 Å². The number of alkyl halides is 3. The molecule has 0 aliphatic heterocycles. The van der Waals surface area contributed by atoms with E-state index in [0.29, 0.717) is 5.76 Å². The van der Waals surface area contributed by atoms with Crippen LogP contribution in [-0.4, -0.2) is 20.5 Å². The first-order valence-electron chi connectivity index (χ1n) is 4.46. The molecule has 0 amide bonds. The van der Waals surface area contributed by atoms with Crippen molar-refractivity contribution in [1.29, 1.82) is 0 Å².